The first-order chi connectivity index (χ1) is 14.1. The number of amidine groups is 1. The number of aromatic nitrogens is 4. The van der Waals surface area contributed by atoms with Gasteiger partial charge in [-0.25, -0.2) is 19.9 Å². The standard InChI is InChI=1S/C19H17N7O2S/c1-10-13-17(28-25-10)24-16(26(19(13)27)12-6-4-3-5-7-12)11(2)29-18-14-15(21-8-20-14)22-9-23-18/h3-9,11,13,17H,1-2H3,(H,20,21,22,23). The van der Waals surface area contributed by atoms with Gasteiger partial charge in [0.25, 0.3) is 0 Å². The van der Waals surface area contributed by atoms with Gasteiger partial charge in [-0.3, -0.25) is 9.69 Å². The van der Waals surface area contributed by atoms with E-state index in [1.165, 1.54) is 18.1 Å². The molecule has 29 heavy (non-hydrogen) atoms. The molecule has 3 aromatic rings. The fraction of sp³-hybridized carbons (Fsp3) is 0.263. The summed E-state index contributed by atoms with van der Waals surface area (Å²) in [5.41, 5.74) is 2.75. The van der Waals surface area contributed by atoms with Crippen molar-refractivity contribution in [3.63, 3.8) is 0 Å². The molecule has 0 saturated heterocycles. The summed E-state index contributed by atoms with van der Waals surface area (Å²) in [6, 6.07) is 9.50. The second-order valence-corrected chi connectivity index (χ2v) is 8.07. The summed E-state index contributed by atoms with van der Waals surface area (Å²) in [7, 11) is 0. The summed E-state index contributed by atoms with van der Waals surface area (Å²) < 4.78 is 0. The highest BCUT2D eigenvalue weighted by molar-refractivity contribution is 8.00. The normalized spacial score (nSPS) is 22.1. The maximum Gasteiger partial charge on any atom is 0.247 e. The lowest BCUT2D eigenvalue weighted by molar-refractivity contribution is -0.122. The zero-order chi connectivity index (χ0) is 20.0. The Morgan fingerprint density at radius 2 is 2.03 bits per heavy atom. The molecule has 1 N–H and O–H groups in total. The van der Waals surface area contributed by atoms with Crippen LogP contribution in [-0.2, 0) is 9.63 Å². The van der Waals surface area contributed by atoms with E-state index in [1.807, 2.05) is 37.3 Å². The van der Waals surface area contributed by atoms with Crippen LogP contribution in [0.5, 0.6) is 0 Å². The van der Waals surface area contributed by atoms with E-state index in [0.717, 1.165) is 16.2 Å². The number of thioether (sulfide) groups is 1. The Morgan fingerprint density at radius 1 is 1.21 bits per heavy atom. The first kappa shape index (κ1) is 17.8. The molecule has 9 nitrogen and oxygen atoms in total. The highest BCUT2D eigenvalue weighted by Crippen LogP contribution is 2.35. The van der Waals surface area contributed by atoms with Crippen LogP contribution in [0, 0.1) is 5.92 Å². The van der Waals surface area contributed by atoms with E-state index >= 15 is 0 Å². The number of anilines is 1. The number of aromatic amines is 1. The monoisotopic (exact) mass is 407 g/mol. The quantitative estimate of drug-likeness (QED) is 0.526. The maximum atomic E-state index is 13.4. The highest BCUT2D eigenvalue weighted by Gasteiger charge is 2.46. The Balaban J connectivity index is 1.54. The number of aliphatic imine (C=N–C) groups is 1. The average molecular weight is 407 g/mol. The number of nitrogens with zero attached hydrogens (tertiary/aromatic N) is 6. The van der Waals surface area contributed by atoms with E-state index in [4.69, 9.17) is 9.83 Å². The molecule has 0 aliphatic carbocycles. The molecule has 3 atom stereocenters. The predicted octanol–water partition coefficient (Wildman–Crippen LogP) is 2.63. The number of fused-ring (bicyclic) bond motifs is 2. The van der Waals surface area contributed by atoms with E-state index in [1.54, 1.807) is 18.2 Å². The van der Waals surface area contributed by atoms with Crippen LogP contribution in [-0.4, -0.2) is 48.9 Å². The lowest BCUT2D eigenvalue weighted by atomic mass is 9.98. The molecule has 2 aromatic heterocycles. The third-order valence-corrected chi connectivity index (χ3v) is 5.97. The molecule has 0 saturated carbocycles. The van der Waals surface area contributed by atoms with Gasteiger partial charge in [0.05, 0.1) is 23.0 Å². The van der Waals surface area contributed by atoms with Gasteiger partial charge in [-0.05, 0) is 26.0 Å². The van der Waals surface area contributed by atoms with E-state index in [0.29, 0.717) is 17.2 Å². The summed E-state index contributed by atoms with van der Waals surface area (Å²) in [5, 5.41) is 4.54. The van der Waals surface area contributed by atoms with Crippen molar-refractivity contribution in [3.05, 3.63) is 43.0 Å². The van der Waals surface area contributed by atoms with Gasteiger partial charge in [0.15, 0.2) is 5.65 Å². The summed E-state index contributed by atoms with van der Waals surface area (Å²) in [5.74, 6) is 0.00456. The van der Waals surface area contributed by atoms with Crippen LogP contribution in [0.2, 0.25) is 0 Å². The molecule has 0 spiro atoms. The fourth-order valence-electron chi connectivity index (χ4n) is 3.48. The number of imidazole rings is 1. The van der Waals surface area contributed by atoms with Gasteiger partial charge in [-0.2, -0.15) is 0 Å². The average Bonchev–Trinajstić information content (AvgIpc) is 3.36. The van der Waals surface area contributed by atoms with Gasteiger partial charge in [-0.1, -0.05) is 35.1 Å². The molecule has 0 radical (unpaired) electrons. The van der Waals surface area contributed by atoms with Crippen molar-refractivity contribution in [1.29, 1.82) is 0 Å². The third-order valence-electron chi connectivity index (χ3n) is 4.87. The number of nitrogens with one attached hydrogen (secondary N) is 1. The largest absolute Gasteiger partial charge is 0.367 e. The smallest absolute Gasteiger partial charge is 0.247 e. The number of hydrogen-bond acceptors (Lipinski definition) is 8. The predicted molar refractivity (Wildman–Crippen MR) is 110 cm³/mol. The van der Waals surface area contributed by atoms with Crippen molar-refractivity contribution in [2.75, 3.05) is 4.90 Å². The SMILES string of the molecule is CC1=NOC2N=C(C(C)Sc3ncnc4nc[nH]c34)N(c3ccccc3)C(=O)C12. The minimum absolute atomic E-state index is 0.0909. The number of amides is 1. The van der Waals surface area contributed by atoms with E-state index in [-0.39, 0.29) is 11.2 Å². The van der Waals surface area contributed by atoms with Gasteiger partial charge < -0.3 is 9.82 Å². The molecule has 5 rings (SSSR count). The molecule has 3 unspecified atom stereocenters. The topological polar surface area (TPSA) is 109 Å². The minimum atomic E-state index is -0.627. The molecular weight excluding hydrogens is 390 g/mol. The molecule has 1 amide bonds. The minimum Gasteiger partial charge on any atom is -0.367 e. The van der Waals surface area contributed by atoms with Crippen LogP contribution in [0.1, 0.15) is 13.8 Å². The number of para-hydroxylation sites is 1. The van der Waals surface area contributed by atoms with Crippen LogP contribution >= 0.6 is 11.8 Å². The van der Waals surface area contributed by atoms with Crippen molar-refractivity contribution in [2.24, 2.45) is 16.1 Å². The van der Waals surface area contributed by atoms with Crippen LogP contribution in [0.25, 0.3) is 11.2 Å². The summed E-state index contributed by atoms with van der Waals surface area (Å²) in [6.07, 6.45) is 2.44. The third kappa shape index (κ3) is 2.96. The second kappa shape index (κ2) is 6.96. The van der Waals surface area contributed by atoms with Crippen molar-refractivity contribution >= 4 is 46.1 Å². The van der Waals surface area contributed by atoms with Crippen LogP contribution in [0.4, 0.5) is 5.69 Å². The molecule has 0 fully saturated rings. The molecule has 2 aliphatic heterocycles. The van der Waals surface area contributed by atoms with Gasteiger partial charge in [0.2, 0.25) is 12.1 Å². The van der Waals surface area contributed by atoms with Crippen LogP contribution < -0.4 is 4.90 Å². The number of oxime groups is 1. The van der Waals surface area contributed by atoms with E-state index < -0.39 is 12.1 Å². The fourth-order valence-corrected chi connectivity index (χ4v) is 4.46. The van der Waals surface area contributed by atoms with E-state index in [9.17, 15) is 4.79 Å². The lowest BCUT2D eigenvalue weighted by Crippen LogP contribution is -2.52. The van der Waals surface area contributed by atoms with Crippen LogP contribution in [0.3, 0.4) is 0 Å². The molecule has 146 valence electrons. The number of rotatable bonds is 4. The molecule has 4 heterocycles. The van der Waals surface area contributed by atoms with Crippen molar-refractivity contribution in [2.45, 2.75) is 30.4 Å². The highest BCUT2D eigenvalue weighted by atomic mass is 32.2. The van der Waals surface area contributed by atoms with Crippen molar-refractivity contribution < 1.29 is 9.63 Å². The summed E-state index contributed by atoms with van der Waals surface area (Å²) in [4.78, 5) is 41.0. The Labute approximate surface area is 170 Å². The molecule has 0 bridgehead atoms. The number of carbonyl (C=O) groups excluding carboxylic acids is 1. The van der Waals surface area contributed by atoms with Gasteiger partial charge in [0, 0.05) is 0 Å². The number of H-pyrrole nitrogens is 1. The Bertz CT molecular complexity index is 1140. The lowest BCUT2D eigenvalue weighted by Gasteiger charge is -2.34. The van der Waals surface area contributed by atoms with E-state index in [2.05, 4.69) is 25.1 Å². The number of carbonyl (C=O) groups is 1. The molecule has 10 heteroatoms. The van der Waals surface area contributed by atoms with Crippen LogP contribution in [0.15, 0.2) is 58.2 Å². The molecule has 2 aliphatic rings. The van der Waals surface area contributed by atoms with Gasteiger partial charge >= 0.3 is 0 Å². The zero-order valence-electron chi connectivity index (χ0n) is 15.7. The molecule has 1 aromatic carbocycles. The zero-order valence-corrected chi connectivity index (χ0v) is 16.5. The van der Waals surface area contributed by atoms with Gasteiger partial charge in [-0.15, -0.1) is 0 Å². The van der Waals surface area contributed by atoms with Crippen molar-refractivity contribution in [3.8, 4) is 0 Å². The maximum absolute atomic E-state index is 13.4. The molecular formula is C19H17N7O2S. The number of benzene rings is 1. The summed E-state index contributed by atoms with van der Waals surface area (Å²) >= 11 is 1.48. The second-order valence-electron chi connectivity index (χ2n) is 6.74. The Hall–Kier alpha value is -3.27. The summed E-state index contributed by atoms with van der Waals surface area (Å²) in [6.45, 7) is 3.78. The Kier molecular flexibility index (Phi) is 4.27. The van der Waals surface area contributed by atoms with Gasteiger partial charge in [0.1, 0.15) is 28.6 Å². The number of hydrogen-bond donors (Lipinski definition) is 1. The first-order valence-corrected chi connectivity index (χ1v) is 9.99. The van der Waals surface area contributed by atoms with Crippen molar-refractivity contribution in [1.82, 2.24) is 19.9 Å². The Morgan fingerprint density at radius 3 is 2.86 bits per heavy atom. The first-order valence-electron chi connectivity index (χ1n) is 9.11.